The van der Waals surface area contributed by atoms with Gasteiger partial charge in [-0.25, -0.2) is 4.79 Å². The van der Waals surface area contributed by atoms with Crippen LogP contribution in [0, 0.1) is 6.92 Å². The molecule has 0 fully saturated rings. The van der Waals surface area contributed by atoms with Crippen molar-refractivity contribution in [3.05, 3.63) is 70.4 Å². The number of hydrogen-bond acceptors (Lipinski definition) is 8. The van der Waals surface area contributed by atoms with E-state index in [0.717, 1.165) is 16.8 Å². The van der Waals surface area contributed by atoms with Crippen molar-refractivity contribution in [1.29, 1.82) is 0 Å². The first kappa shape index (κ1) is 23.5. The Bertz CT molecular complexity index is 1310. The van der Waals surface area contributed by atoms with E-state index in [1.54, 1.807) is 18.6 Å². The van der Waals surface area contributed by atoms with Crippen molar-refractivity contribution in [3.8, 4) is 22.8 Å². The Morgan fingerprint density at radius 2 is 1.82 bits per heavy atom. The molecule has 174 valence electrons. The molecule has 0 spiro atoms. The summed E-state index contributed by atoms with van der Waals surface area (Å²) < 4.78 is 12.2. The Morgan fingerprint density at radius 3 is 2.56 bits per heavy atom. The smallest absolute Gasteiger partial charge is 0.350 e. The first-order valence-corrected chi connectivity index (χ1v) is 12.1. The van der Waals surface area contributed by atoms with Crippen LogP contribution >= 0.6 is 23.1 Å². The van der Waals surface area contributed by atoms with Crippen LogP contribution in [0.4, 0.5) is 5.69 Å². The Labute approximate surface area is 204 Å². The minimum absolute atomic E-state index is 0.0758. The lowest BCUT2D eigenvalue weighted by molar-refractivity contribution is -0.113. The zero-order chi connectivity index (χ0) is 24.1. The highest BCUT2D eigenvalue weighted by Gasteiger charge is 2.21. The number of ether oxygens (including phenoxy) is 2. The van der Waals surface area contributed by atoms with Crippen LogP contribution in [0.5, 0.6) is 5.75 Å². The van der Waals surface area contributed by atoms with Crippen molar-refractivity contribution in [2.75, 3.05) is 25.3 Å². The number of amides is 1. The van der Waals surface area contributed by atoms with Gasteiger partial charge in [0.25, 0.3) is 0 Å². The maximum absolute atomic E-state index is 12.7. The number of rotatable bonds is 8. The summed E-state index contributed by atoms with van der Waals surface area (Å²) in [6, 6.07) is 17.2. The second-order valence-corrected chi connectivity index (χ2v) is 9.03. The van der Waals surface area contributed by atoms with Crippen LogP contribution in [0.1, 0.15) is 15.2 Å². The van der Waals surface area contributed by atoms with E-state index in [0.29, 0.717) is 27.3 Å². The molecule has 1 N–H and O–H groups in total. The molecule has 0 saturated heterocycles. The predicted octanol–water partition coefficient (Wildman–Crippen LogP) is 4.83. The molecule has 2 aromatic carbocycles. The van der Waals surface area contributed by atoms with Crippen LogP contribution in [-0.2, 0) is 9.53 Å². The normalized spacial score (nSPS) is 10.7. The van der Waals surface area contributed by atoms with Gasteiger partial charge in [-0.1, -0.05) is 41.6 Å². The molecule has 0 radical (unpaired) electrons. The van der Waals surface area contributed by atoms with Crippen molar-refractivity contribution in [3.63, 3.8) is 0 Å². The SMILES string of the molecule is COC(=O)c1sccc1NC(=O)CSc1nnc(-c2ccccc2OC)n1-c1ccc(C)cc1. The van der Waals surface area contributed by atoms with E-state index in [4.69, 9.17) is 9.47 Å². The fourth-order valence-electron chi connectivity index (χ4n) is 3.27. The van der Waals surface area contributed by atoms with Gasteiger partial charge in [0.15, 0.2) is 11.0 Å². The number of nitrogens with zero attached hydrogens (tertiary/aromatic N) is 3. The highest BCUT2D eigenvalue weighted by Crippen LogP contribution is 2.33. The number of anilines is 1. The summed E-state index contributed by atoms with van der Waals surface area (Å²) in [6.07, 6.45) is 0. The molecule has 0 unspecified atom stereocenters. The first-order chi connectivity index (χ1) is 16.5. The third-order valence-corrected chi connectivity index (χ3v) is 6.74. The van der Waals surface area contributed by atoms with Crippen LogP contribution in [0.3, 0.4) is 0 Å². The summed E-state index contributed by atoms with van der Waals surface area (Å²) >= 11 is 2.46. The standard InChI is InChI=1S/C24H22N4O4S2/c1-15-8-10-16(11-9-15)28-22(17-6-4-5-7-19(17)31-2)26-27-24(28)34-14-20(29)25-18-12-13-33-21(18)23(30)32-3/h4-13H,14H2,1-3H3,(H,25,29). The second kappa shape index (κ2) is 10.5. The number of carbonyl (C=O) groups excluding carboxylic acids is 2. The highest BCUT2D eigenvalue weighted by molar-refractivity contribution is 7.99. The van der Waals surface area contributed by atoms with Gasteiger partial charge in [-0.2, -0.15) is 0 Å². The minimum Gasteiger partial charge on any atom is -0.496 e. The van der Waals surface area contributed by atoms with Gasteiger partial charge >= 0.3 is 5.97 Å². The number of nitrogens with one attached hydrogen (secondary N) is 1. The summed E-state index contributed by atoms with van der Waals surface area (Å²) in [4.78, 5) is 24.9. The monoisotopic (exact) mass is 494 g/mol. The molecule has 1 amide bonds. The summed E-state index contributed by atoms with van der Waals surface area (Å²) in [5.41, 5.74) is 3.21. The lowest BCUT2D eigenvalue weighted by Crippen LogP contribution is -2.16. The van der Waals surface area contributed by atoms with E-state index < -0.39 is 5.97 Å². The quantitative estimate of drug-likeness (QED) is 0.277. The Morgan fingerprint density at radius 1 is 1.06 bits per heavy atom. The van der Waals surface area contributed by atoms with Crippen molar-refractivity contribution in [2.45, 2.75) is 12.1 Å². The lowest BCUT2D eigenvalue weighted by atomic mass is 10.1. The maximum Gasteiger partial charge on any atom is 0.350 e. The molecule has 4 aromatic rings. The van der Waals surface area contributed by atoms with Crippen LogP contribution in [0.2, 0.25) is 0 Å². The minimum atomic E-state index is -0.487. The molecule has 2 heterocycles. The van der Waals surface area contributed by atoms with Crippen LogP contribution < -0.4 is 10.1 Å². The summed E-state index contributed by atoms with van der Waals surface area (Å²) in [7, 11) is 2.92. The van der Waals surface area contributed by atoms with E-state index in [9.17, 15) is 9.59 Å². The van der Waals surface area contributed by atoms with Gasteiger partial charge in [0.05, 0.1) is 31.2 Å². The summed E-state index contributed by atoms with van der Waals surface area (Å²) in [5.74, 6) is 0.594. The van der Waals surface area contributed by atoms with E-state index in [-0.39, 0.29) is 11.7 Å². The van der Waals surface area contributed by atoms with Crippen LogP contribution in [0.25, 0.3) is 17.1 Å². The lowest BCUT2D eigenvalue weighted by Gasteiger charge is -2.13. The van der Waals surface area contributed by atoms with Gasteiger partial charge in [-0.3, -0.25) is 9.36 Å². The van der Waals surface area contributed by atoms with E-state index >= 15 is 0 Å². The number of thiophene rings is 1. The molecule has 0 bridgehead atoms. The predicted molar refractivity (Wildman–Crippen MR) is 133 cm³/mol. The number of aromatic nitrogens is 3. The number of methoxy groups -OCH3 is 2. The molecule has 34 heavy (non-hydrogen) atoms. The van der Waals surface area contributed by atoms with Crippen molar-refractivity contribution in [2.24, 2.45) is 0 Å². The summed E-state index contributed by atoms with van der Waals surface area (Å²) in [5, 5.41) is 13.8. The number of benzene rings is 2. The molecule has 0 atom stereocenters. The van der Waals surface area contributed by atoms with Crippen molar-refractivity contribution in [1.82, 2.24) is 14.8 Å². The molecule has 0 aliphatic carbocycles. The third-order valence-electron chi connectivity index (χ3n) is 4.92. The van der Waals surface area contributed by atoms with Gasteiger partial charge in [0.1, 0.15) is 10.6 Å². The molecular formula is C24H22N4O4S2. The van der Waals surface area contributed by atoms with E-state index in [1.807, 2.05) is 60.0 Å². The van der Waals surface area contributed by atoms with Gasteiger partial charge in [-0.05, 0) is 42.6 Å². The Kier molecular flexibility index (Phi) is 7.29. The summed E-state index contributed by atoms with van der Waals surface area (Å²) in [6.45, 7) is 2.02. The molecule has 0 aliphatic heterocycles. The number of thioether (sulfide) groups is 1. The van der Waals surface area contributed by atoms with Crippen molar-refractivity contribution >= 4 is 40.7 Å². The van der Waals surface area contributed by atoms with Crippen molar-refractivity contribution < 1.29 is 19.1 Å². The van der Waals surface area contributed by atoms with E-state index in [2.05, 4.69) is 15.5 Å². The fourth-order valence-corrected chi connectivity index (χ4v) is 4.79. The highest BCUT2D eigenvalue weighted by atomic mass is 32.2. The zero-order valence-corrected chi connectivity index (χ0v) is 20.4. The number of hydrogen-bond donors (Lipinski definition) is 1. The zero-order valence-electron chi connectivity index (χ0n) is 18.8. The second-order valence-electron chi connectivity index (χ2n) is 7.17. The average Bonchev–Trinajstić information content (AvgIpc) is 3.49. The molecule has 10 heteroatoms. The molecule has 4 rings (SSSR count). The average molecular weight is 495 g/mol. The molecule has 2 aromatic heterocycles. The fraction of sp³-hybridized carbons (Fsp3) is 0.167. The third kappa shape index (κ3) is 4.97. The molecule has 0 aliphatic rings. The first-order valence-electron chi connectivity index (χ1n) is 10.3. The number of carbonyl (C=O) groups is 2. The van der Waals surface area contributed by atoms with Crippen LogP contribution in [-0.4, -0.2) is 46.6 Å². The van der Waals surface area contributed by atoms with Gasteiger partial charge in [-0.15, -0.1) is 21.5 Å². The van der Waals surface area contributed by atoms with E-state index in [1.165, 1.54) is 30.2 Å². The molecule has 8 nitrogen and oxygen atoms in total. The Hall–Kier alpha value is -3.63. The number of aryl methyl sites for hydroxylation is 1. The maximum atomic E-state index is 12.7. The number of para-hydroxylation sites is 1. The number of esters is 1. The topological polar surface area (TPSA) is 95.3 Å². The van der Waals surface area contributed by atoms with Gasteiger partial charge in [0, 0.05) is 5.69 Å². The molecular weight excluding hydrogens is 472 g/mol. The van der Waals surface area contributed by atoms with Gasteiger partial charge < -0.3 is 14.8 Å². The van der Waals surface area contributed by atoms with Gasteiger partial charge in [0.2, 0.25) is 5.91 Å². The molecule has 0 saturated carbocycles. The largest absolute Gasteiger partial charge is 0.496 e. The van der Waals surface area contributed by atoms with Crippen LogP contribution in [0.15, 0.2) is 65.1 Å². The Balaban J connectivity index is 1.62.